The van der Waals surface area contributed by atoms with E-state index < -0.39 is 0 Å². The van der Waals surface area contributed by atoms with Crippen molar-refractivity contribution in [1.82, 2.24) is 5.32 Å². The fourth-order valence-electron chi connectivity index (χ4n) is 2.39. The van der Waals surface area contributed by atoms with Gasteiger partial charge in [0.25, 0.3) is 0 Å². The molecular weight excluding hydrogens is 257 g/mol. The van der Waals surface area contributed by atoms with Gasteiger partial charge >= 0.3 is 0 Å². The second kappa shape index (κ2) is 5.85. The second-order valence-corrected chi connectivity index (χ2v) is 6.49. The van der Waals surface area contributed by atoms with Crippen molar-refractivity contribution >= 4 is 11.3 Å². The van der Waals surface area contributed by atoms with Crippen LogP contribution in [0.15, 0.2) is 30.3 Å². The van der Waals surface area contributed by atoms with Gasteiger partial charge < -0.3 is 5.32 Å². The van der Waals surface area contributed by atoms with E-state index in [9.17, 15) is 4.39 Å². The summed E-state index contributed by atoms with van der Waals surface area (Å²) < 4.78 is 12.9. The highest BCUT2D eigenvalue weighted by molar-refractivity contribution is 7.12. The van der Waals surface area contributed by atoms with Crippen LogP contribution < -0.4 is 5.32 Å². The molecule has 1 N–H and O–H groups in total. The highest BCUT2D eigenvalue weighted by atomic mass is 32.1. The number of benzene rings is 1. The van der Waals surface area contributed by atoms with Crippen molar-refractivity contribution in [2.24, 2.45) is 0 Å². The van der Waals surface area contributed by atoms with Crippen LogP contribution in [-0.4, -0.2) is 0 Å². The van der Waals surface area contributed by atoms with Crippen LogP contribution in [0.4, 0.5) is 4.39 Å². The van der Waals surface area contributed by atoms with E-state index in [2.05, 4.69) is 39.1 Å². The summed E-state index contributed by atoms with van der Waals surface area (Å²) in [6.07, 6.45) is 0. The van der Waals surface area contributed by atoms with E-state index in [1.165, 1.54) is 27.5 Å². The Morgan fingerprint density at radius 3 is 2.21 bits per heavy atom. The molecule has 0 fully saturated rings. The molecule has 102 valence electrons. The molecule has 2 rings (SSSR count). The average Bonchev–Trinajstić information content (AvgIpc) is 2.69. The predicted molar refractivity (Wildman–Crippen MR) is 80.2 cm³/mol. The standard InChI is InChI=1S/C16H20FNS/c1-10-9-16(13(4)19-10)12(3)18-11(2)14-5-7-15(17)8-6-14/h5-9,11-12,18H,1-4H3/t11-,12?/m1/s1. The average molecular weight is 277 g/mol. The van der Waals surface area contributed by atoms with Crippen molar-refractivity contribution < 1.29 is 4.39 Å². The van der Waals surface area contributed by atoms with Crippen LogP contribution >= 0.6 is 11.3 Å². The van der Waals surface area contributed by atoms with Crippen LogP contribution in [0.5, 0.6) is 0 Å². The first-order valence-corrected chi connectivity index (χ1v) is 7.37. The van der Waals surface area contributed by atoms with Crippen molar-refractivity contribution in [2.75, 3.05) is 0 Å². The predicted octanol–water partition coefficient (Wildman–Crippen LogP) is 4.92. The smallest absolute Gasteiger partial charge is 0.123 e. The van der Waals surface area contributed by atoms with Gasteiger partial charge in [-0.3, -0.25) is 0 Å². The van der Waals surface area contributed by atoms with Gasteiger partial charge in [0.05, 0.1) is 0 Å². The van der Waals surface area contributed by atoms with Crippen molar-refractivity contribution in [3.05, 3.63) is 57.0 Å². The SMILES string of the molecule is Cc1cc(C(C)N[C@H](C)c2ccc(F)cc2)c(C)s1. The van der Waals surface area contributed by atoms with Gasteiger partial charge in [0, 0.05) is 21.8 Å². The summed E-state index contributed by atoms with van der Waals surface area (Å²) in [5.74, 6) is -0.187. The molecule has 1 unspecified atom stereocenters. The quantitative estimate of drug-likeness (QED) is 0.836. The summed E-state index contributed by atoms with van der Waals surface area (Å²) in [6, 6.07) is 9.45. The minimum absolute atomic E-state index is 0.187. The summed E-state index contributed by atoms with van der Waals surface area (Å²) in [5.41, 5.74) is 2.47. The topological polar surface area (TPSA) is 12.0 Å². The first-order valence-electron chi connectivity index (χ1n) is 6.56. The molecule has 0 radical (unpaired) electrons. The summed E-state index contributed by atoms with van der Waals surface area (Å²) in [4.78, 5) is 2.71. The van der Waals surface area contributed by atoms with Crippen LogP contribution in [0, 0.1) is 19.7 Å². The molecule has 0 aliphatic heterocycles. The van der Waals surface area contributed by atoms with Gasteiger partial charge in [-0.1, -0.05) is 12.1 Å². The Labute approximate surface area is 118 Å². The van der Waals surface area contributed by atoms with E-state index in [1.54, 1.807) is 0 Å². The van der Waals surface area contributed by atoms with Gasteiger partial charge in [-0.2, -0.15) is 0 Å². The first-order chi connectivity index (χ1) is 8.97. The molecule has 1 aromatic carbocycles. The minimum Gasteiger partial charge on any atom is -0.304 e. The Morgan fingerprint density at radius 1 is 1.05 bits per heavy atom. The molecule has 19 heavy (non-hydrogen) atoms. The van der Waals surface area contributed by atoms with Gasteiger partial charge in [0.15, 0.2) is 0 Å². The van der Waals surface area contributed by atoms with Crippen molar-refractivity contribution in [1.29, 1.82) is 0 Å². The van der Waals surface area contributed by atoms with Crippen LogP contribution in [0.2, 0.25) is 0 Å². The number of aryl methyl sites for hydroxylation is 2. The third-order valence-electron chi connectivity index (χ3n) is 3.42. The van der Waals surface area contributed by atoms with Gasteiger partial charge in [-0.15, -0.1) is 11.3 Å². The molecular formula is C16H20FNS. The number of hydrogen-bond donors (Lipinski definition) is 1. The largest absolute Gasteiger partial charge is 0.304 e. The van der Waals surface area contributed by atoms with Crippen LogP contribution in [0.25, 0.3) is 0 Å². The molecule has 1 heterocycles. The maximum atomic E-state index is 12.9. The van der Waals surface area contributed by atoms with E-state index in [0.29, 0.717) is 6.04 Å². The number of hydrogen-bond acceptors (Lipinski definition) is 2. The summed E-state index contributed by atoms with van der Waals surface area (Å²) >= 11 is 1.83. The molecule has 3 heteroatoms. The lowest BCUT2D eigenvalue weighted by molar-refractivity contribution is 0.493. The van der Waals surface area contributed by atoms with Gasteiger partial charge in [0.1, 0.15) is 5.82 Å². The number of halogens is 1. The molecule has 0 saturated heterocycles. The van der Waals surface area contributed by atoms with Crippen molar-refractivity contribution in [2.45, 2.75) is 39.8 Å². The zero-order valence-electron chi connectivity index (χ0n) is 11.8. The summed E-state index contributed by atoms with van der Waals surface area (Å²) in [5, 5.41) is 3.57. The normalized spacial score (nSPS) is 14.4. The Balaban J connectivity index is 2.08. The molecule has 1 aromatic heterocycles. The molecule has 0 spiro atoms. The minimum atomic E-state index is -0.187. The molecule has 0 bridgehead atoms. The Kier molecular flexibility index (Phi) is 4.38. The summed E-state index contributed by atoms with van der Waals surface area (Å²) in [6.45, 7) is 8.58. The lowest BCUT2D eigenvalue weighted by Gasteiger charge is -2.20. The van der Waals surface area contributed by atoms with E-state index in [1.807, 2.05) is 23.5 Å². The molecule has 0 amide bonds. The third kappa shape index (κ3) is 3.43. The van der Waals surface area contributed by atoms with Gasteiger partial charge in [0.2, 0.25) is 0 Å². The molecule has 1 nitrogen and oxygen atoms in total. The Bertz CT molecular complexity index is 544. The van der Waals surface area contributed by atoms with Gasteiger partial charge in [-0.25, -0.2) is 4.39 Å². The lowest BCUT2D eigenvalue weighted by Crippen LogP contribution is -2.22. The molecule has 2 aromatic rings. The van der Waals surface area contributed by atoms with Gasteiger partial charge in [-0.05, 0) is 57.0 Å². The Hall–Kier alpha value is -1.19. The lowest BCUT2D eigenvalue weighted by atomic mass is 10.0. The fourth-order valence-corrected chi connectivity index (χ4v) is 3.42. The number of thiophene rings is 1. The van der Waals surface area contributed by atoms with Crippen molar-refractivity contribution in [3.8, 4) is 0 Å². The maximum Gasteiger partial charge on any atom is 0.123 e. The van der Waals surface area contributed by atoms with Crippen LogP contribution in [0.3, 0.4) is 0 Å². The van der Waals surface area contributed by atoms with E-state index in [-0.39, 0.29) is 11.9 Å². The van der Waals surface area contributed by atoms with Crippen LogP contribution in [-0.2, 0) is 0 Å². The summed E-state index contributed by atoms with van der Waals surface area (Å²) in [7, 11) is 0. The molecule has 0 aliphatic rings. The van der Waals surface area contributed by atoms with Crippen LogP contribution in [0.1, 0.15) is 46.8 Å². The number of nitrogens with one attached hydrogen (secondary N) is 1. The highest BCUT2D eigenvalue weighted by Gasteiger charge is 2.14. The zero-order valence-corrected chi connectivity index (χ0v) is 12.6. The monoisotopic (exact) mass is 277 g/mol. The zero-order chi connectivity index (χ0) is 14.0. The van der Waals surface area contributed by atoms with E-state index >= 15 is 0 Å². The third-order valence-corrected chi connectivity index (χ3v) is 4.40. The number of rotatable bonds is 4. The second-order valence-electron chi connectivity index (χ2n) is 5.03. The highest BCUT2D eigenvalue weighted by Crippen LogP contribution is 2.28. The Morgan fingerprint density at radius 2 is 1.68 bits per heavy atom. The molecule has 0 aliphatic carbocycles. The van der Waals surface area contributed by atoms with Crippen molar-refractivity contribution in [3.63, 3.8) is 0 Å². The first kappa shape index (κ1) is 14.2. The maximum absolute atomic E-state index is 12.9. The van der Waals surface area contributed by atoms with E-state index in [4.69, 9.17) is 0 Å². The fraction of sp³-hybridized carbons (Fsp3) is 0.375. The van der Waals surface area contributed by atoms with E-state index in [0.717, 1.165) is 5.56 Å². The molecule has 2 atom stereocenters. The molecule has 0 saturated carbocycles.